The number of hydrogen-bond acceptors (Lipinski definition) is 4. The number of pyridine rings is 1. The third-order valence-corrected chi connectivity index (χ3v) is 2.18. The molecule has 0 radical (unpaired) electrons. The largest absolute Gasteiger partial charge is 0.490 e. The molecule has 0 bridgehead atoms. The van der Waals surface area contributed by atoms with Crippen molar-refractivity contribution in [2.45, 2.75) is 6.92 Å². The molecule has 0 aliphatic rings. The maximum absolute atomic E-state index is 8.97. The monoisotopic (exact) mass is 191 g/mol. The average molecular weight is 191 g/mol. The van der Waals surface area contributed by atoms with E-state index in [0.29, 0.717) is 5.46 Å². The fourth-order valence-corrected chi connectivity index (χ4v) is 1.47. The molecule has 0 fully saturated rings. The van der Waals surface area contributed by atoms with Crippen LogP contribution in [0.4, 0.5) is 0 Å². The number of aryl methyl sites for hydroxylation is 2. The van der Waals surface area contributed by atoms with Gasteiger partial charge in [0.2, 0.25) is 0 Å². The summed E-state index contributed by atoms with van der Waals surface area (Å²) in [5.74, 6) is 0. The van der Waals surface area contributed by atoms with Crippen molar-refractivity contribution in [3.05, 3.63) is 18.0 Å². The van der Waals surface area contributed by atoms with Crippen LogP contribution in [-0.2, 0) is 7.05 Å². The molecular formula is C8H10BN3O2. The predicted molar refractivity (Wildman–Crippen MR) is 53.1 cm³/mol. The van der Waals surface area contributed by atoms with Crippen LogP contribution in [0.1, 0.15) is 5.69 Å². The maximum Gasteiger partial charge on any atom is 0.490 e. The summed E-state index contributed by atoms with van der Waals surface area (Å²) in [5.41, 5.74) is 1.96. The molecule has 72 valence electrons. The second-order valence-corrected chi connectivity index (χ2v) is 3.22. The Morgan fingerprint density at radius 3 is 2.79 bits per heavy atom. The maximum atomic E-state index is 8.97. The zero-order valence-electron chi connectivity index (χ0n) is 7.97. The van der Waals surface area contributed by atoms with E-state index >= 15 is 0 Å². The number of nitrogens with zero attached hydrogens (tertiary/aromatic N) is 3. The van der Waals surface area contributed by atoms with Crippen LogP contribution in [0.5, 0.6) is 0 Å². The third-order valence-electron chi connectivity index (χ3n) is 2.18. The van der Waals surface area contributed by atoms with Gasteiger partial charge in [0.15, 0.2) is 5.65 Å². The van der Waals surface area contributed by atoms with E-state index in [9.17, 15) is 0 Å². The van der Waals surface area contributed by atoms with E-state index in [1.54, 1.807) is 17.8 Å². The topological polar surface area (TPSA) is 71.2 Å². The molecule has 2 aromatic rings. The molecule has 2 aromatic heterocycles. The summed E-state index contributed by atoms with van der Waals surface area (Å²) in [6.45, 7) is 1.86. The van der Waals surface area contributed by atoms with Gasteiger partial charge in [-0.25, -0.2) is 4.98 Å². The van der Waals surface area contributed by atoms with Gasteiger partial charge in [-0.1, -0.05) is 0 Å². The summed E-state index contributed by atoms with van der Waals surface area (Å²) in [4.78, 5) is 4.10. The quantitative estimate of drug-likeness (QED) is 0.564. The van der Waals surface area contributed by atoms with Gasteiger partial charge in [-0.2, -0.15) is 5.10 Å². The number of aromatic nitrogens is 3. The Bertz CT molecular complexity index is 481. The third kappa shape index (κ3) is 1.28. The highest BCUT2D eigenvalue weighted by Gasteiger charge is 2.14. The van der Waals surface area contributed by atoms with E-state index in [4.69, 9.17) is 10.0 Å². The normalized spacial score (nSPS) is 10.9. The molecule has 0 amide bonds. The number of hydrogen-bond donors (Lipinski definition) is 2. The van der Waals surface area contributed by atoms with Crippen molar-refractivity contribution in [3.8, 4) is 0 Å². The lowest BCUT2D eigenvalue weighted by Gasteiger charge is -1.98. The minimum Gasteiger partial charge on any atom is -0.423 e. The van der Waals surface area contributed by atoms with Gasteiger partial charge in [0.05, 0.1) is 5.69 Å². The smallest absolute Gasteiger partial charge is 0.423 e. The van der Waals surface area contributed by atoms with E-state index in [1.807, 2.05) is 6.92 Å². The Labute approximate surface area is 81.2 Å². The molecule has 6 heteroatoms. The van der Waals surface area contributed by atoms with Gasteiger partial charge < -0.3 is 10.0 Å². The fraction of sp³-hybridized carbons (Fsp3) is 0.250. The van der Waals surface area contributed by atoms with Crippen molar-refractivity contribution in [1.29, 1.82) is 0 Å². The van der Waals surface area contributed by atoms with Crippen molar-refractivity contribution in [3.63, 3.8) is 0 Å². The molecule has 14 heavy (non-hydrogen) atoms. The van der Waals surface area contributed by atoms with Gasteiger partial charge in [-0.05, 0) is 13.0 Å². The molecule has 0 aromatic carbocycles. The van der Waals surface area contributed by atoms with Crippen molar-refractivity contribution < 1.29 is 10.0 Å². The van der Waals surface area contributed by atoms with E-state index in [2.05, 4.69) is 10.1 Å². The van der Waals surface area contributed by atoms with Crippen LogP contribution in [0, 0.1) is 6.92 Å². The van der Waals surface area contributed by atoms with E-state index in [1.165, 1.54) is 6.20 Å². The first-order valence-electron chi connectivity index (χ1n) is 4.25. The van der Waals surface area contributed by atoms with Gasteiger partial charge in [0.1, 0.15) is 0 Å². The molecule has 0 aliphatic heterocycles. The fourth-order valence-electron chi connectivity index (χ4n) is 1.47. The standard InChI is InChI=1S/C8H10BN3O2/c1-5-7-3-6(9(13)14)4-10-8(7)12(2)11-5/h3-4,13-14H,1-2H3. The van der Waals surface area contributed by atoms with Crippen LogP contribution in [0.15, 0.2) is 12.3 Å². The molecule has 2 rings (SSSR count). The molecular weight excluding hydrogens is 181 g/mol. The van der Waals surface area contributed by atoms with E-state index < -0.39 is 7.12 Å². The zero-order chi connectivity index (χ0) is 10.3. The van der Waals surface area contributed by atoms with E-state index in [-0.39, 0.29) is 0 Å². The lowest BCUT2D eigenvalue weighted by molar-refractivity contribution is 0.425. The minimum atomic E-state index is -1.48. The summed E-state index contributed by atoms with van der Waals surface area (Å²) in [6.07, 6.45) is 1.44. The average Bonchev–Trinajstić information content (AvgIpc) is 2.42. The summed E-state index contributed by atoms with van der Waals surface area (Å²) in [7, 11) is 0.323. The minimum absolute atomic E-state index is 0.383. The van der Waals surface area contributed by atoms with Crippen molar-refractivity contribution in [1.82, 2.24) is 14.8 Å². The SMILES string of the molecule is Cc1nn(C)c2ncc(B(O)O)cc12. The van der Waals surface area contributed by atoms with Crippen LogP contribution < -0.4 is 5.46 Å². The summed E-state index contributed by atoms with van der Waals surface area (Å²) in [5, 5.41) is 23.0. The van der Waals surface area contributed by atoms with Gasteiger partial charge in [0.25, 0.3) is 0 Å². The zero-order valence-corrected chi connectivity index (χ0v) is 7.97. The van der Waals surface area contributed by atoms with Crippen LogP contribution in [0.2, 0.25) is 0 Å². The van der Waals surface area contributed by atoms with Crippen molar-refractivity contribution in [2.75, 3.05) is 0 Å². The highest BCUT2D eigenvalue weighted by atomic mass is 16.4. The summed E-state index contributed by atoms with van der Waals surface area (Å²) < 4.78 is 1.66. The van der Waals surface area contributed by atoms with Crippen LogP contribution in [0.25, 0.3) is 11.0 Å². The highest BCUT2D eigenvalue weighted by Crippen LogP contribution is 2.12. The van der Waals surface area contributed by atoms with Crippen LogP contribution >= 0.6 is 0 Å². The molecule has 0 atom stereocenters. The molecule has 0 spiro atoms. The lowest BCUT2D eigenvalue weighted by atomic mass is 9.81. The summed E-state index contributed by atoms with van der Waals surface area (Å²) >= 11 is 0. The molecule has 0 unspecified atom stereocenters. The Morgan fingerprint density at radius 2 is 2.14 bits per heavy atom. The molecule has 5 nitrogen and oxygen atoms in total. The first-order chi connectivity index (χ1) is 6.59. The van der Waals surface area contributed by atoms with Gasteiger partial charge in [-0.15, -0.1) is 0 Å². The van der Waals surface area contributed by atoms with Gasteiger partial charge in [0, 0.05) is 24.1 Å². The first kappa shape index (κ1) is 9.17. The van der Waals surface area contributed by atoms with Crippen LogP contribution in [-0.4, -0.2) is 31.9 Å². The predicted octanol–water partition coefficient (Wildman–Crippen LogP) is -1.04. The Balaban J connectivity index is 2.71. The molecule has 0 saturated heterocycles. The van der Waals surface area contributed by atoms with Crippen LogP contribution in [0.3, 0.4) is 0 Å². The second-order valence-electron chi connectivity index (χ2n) is 3.22. The Kier molecular flexibility index (Phi) is 2.01. The van der Waals surface area contributed by atoms with Gasteiger partial charge in [-0.3, -0.25) is 4.68 Å². The molecule has 0 aliphatic carbocycles. The molecule has 0 saturated carbocycles. The lowest BCUT2D eigenvalue weighted by Crippen LogP contribution is -2.30. The molecule has 2 heterocycles. The summed E-state index contributed by atoms with van der Waals surface area (Å²) in [6, 6.07) is 1.69. The van der Waals surface area contributed by atoms with Crippen molar-refractivity contribution >= 4 is 23.6 Å². The first-order valence-corrected chi connectivity index (χ1v) is 4.25. The van der Waals surface area contributed by atoms with Crippen molar-refractivity contribution in [2.24, 2.45) is 7.05 Å². The number of rotatable bonds is 1. The van der Waals surface area contributed by atoms with E-state index in [0.717, 1.165) is 16.7 Å². The Morgan fingerprint density at radius 1 is 1.43 bits per heavy atom. The highest BCUT2D eigenvalue weighted by molar-refractivity contribution is 6.58. The molecule has 2 N–H and O–H groups in total. The Hall–Kier alpha value is -1.40. The number of fused-ring (bicyclic) bond motifs is 1. The van der Waals surface area contributed by atoms with Gasteiger partial charge >= 0.3 is 7.12 Å². The second kappa shape index (κ2) is 3.07.